The number of carbonyl (C=O) groups excluding carboxylic acids is 1. The van der Waals surface area contributed by atoms with Gasteiger partial charge in [0.15, 0.2) is 0 Å². The van der Waals surface area contributed by atoms with Crippen LogP contribution in [0.1, 0.15) is 31.2 Å². The summed E-state index contributed by atoms with van der Waals surface area (Å²) in [5.41, 5.74) is 7.48. The summed E-state index contributed by atoms with van der Waals surface area (Å²) >= 11 is 0. The van der Waals surface area contributed by atoms with Crippen molar-refractivity contribution in [1.29, 1.82) is 0 Å². The van der Waals surface area contributed by atoms with Crippen molar-refractivity contribution in [2.24, 2.45) is 0 Å². The lowest BCUT2D eigenvalue weighted by molar-refractivity contribution is -0.132. The number of anilines is 1. The van der Waals surface area contributed by atoms with E-state index >= 15 is 0 Å². The molecule has 1 amide bonds. The van der Waals surface area contributed by atoms with E-state index in [1.807, 2.05) is 24.3 Å². The lowest BCUT2D eigenvalue weighted by Crippen LogP contribution is -2.43. The molecule has 0 bridgehead atoms. The first kappa shape index (κ1) is 18.8. The van der Waals surface area contributed by atoms with Crippen molar-refractivity contribution in [3.63, 3.8) is 0 Å². The Morgan fingerprint density at radius 1 is 1.14 bits per heavy atom. The SMILES string of the molecule is CN(C)CCN(C(=O)Cc1ccc(N)cc1)C1CCCC1.Cl. The second-order valence-electron chi connectivity index (χ2n) is 6.25. The zero-order chi connectivity index (χ0) is 15.2. The van der Waals surface area contributed by atoms with Gasteiger partial charge in [-0.15, -0.1) is 12.4 Å². The maximum Gasteiger partial charge on any atom is 0.227 e. The molecule has 1 saturated carbocycles. The number of carbonyl (C=O) groups is 1. The zero-order valence-corrected chi connectivity index (χ0v) is 14.4. The van der Waals surface area contributed by atoms with Gasteiger partial charge in [0.1, 0.15) is 0 Å². The van der Waals surface area contributed by atoms with Gasteiger partial charge in [0, 0.05) is 24.8 Å². The van der Waals surface area contributed by atoms with Crippen molar-refractivity contribution in [1.82, 2.24) is 9.80 Å². The molecule has 0 atom stereocenters. The van der Waals surface area contributed by atoms with E-state index < -0.39 is 0 Å². The van der Waals surface area contributed by atoms with Gasteiger partial charge in [-0.3, -0.25) is 4.79 Å². The third-order valence-corrected chi connectivity index (χ3v) is 4.21. The quantitative estimate of drug-likeness (QED) is 0.818. The second kappa shape index (κ2) is 9.01. The van der Waals surface area contributed by atoms with Crippen LogP contribution in [0.2, 0.25) is 0 Å². The number of likely N-dealkylation sites (N-methyl/N-ethyl adjacent to an activating group) is 1. The summed E-state index contributed by atoms with van der Waals surface area (Å²) in [4.78, 5) is 16.9. The topological polar surface area (TPSA) is 49.6 Å². The first-order valence-corrected chi connectivity index (χ1v) is 7.85. The van der Waals surface area contributed by atoms with Crippen molar-refractivity contribution in [3.8, 4) is 0 Å². The summed E-state index contributed by atoms with van der Waals surface area (Å²) in [6, 6.07) is 8.06. The number of nitrogens with zero attached hydrogens (tertiary/aromatic N) is 2. The highest BCUT2D eigenvalue weighted by atomic mass is 35.5. The zero-order valence-electron chi connectivity index (χ0n) is 13.6. The summed E-state index contributed by atoms with van der Waals surface area (Å²) in [6.07, 6.45) is 5.28. The van der Waals surface area contributed by atoms with E-state index in [2.05, 4.69) is 23.9 Å². The Labute approximate surface area is 140 Å². The van der Waals surface area contributed by atoms with Crippen molar-refractivity contribution in [2.45, 2.75) is 38.1 Å². The number of amides is 1. The van der Waals surface area contributed by atoms with E-state index in [4.69, 9.17) is 5.73 Å². The van der Waals surface area contributed by atoms with Gasteiger partial charge in [0.25, 0.3) is 0 Å². The molecular weight excluding hydrogens is 298 g/mol. The van der Waals surface area contributed by atoms with Crippen LogP contribution in [0.4, 0.5) is 5.69 Å². The third kappa shape index (κ3) is 5.50. The molecular formula is C17H28ClN3O. The highest BCUT2D eigenvalue weighted by Gasteiger charge is 2.26. The molecule has 1 aliphatic rings. The molecule has 124 valence electrons. The van der Waals surface area contributed by atoms with Crippen LogP contribution >= 0.6 is 12.4 Å². The summed E-state index contributed by atoms with van der Waals surface area (Å²) in [5, 5.41) is 0. The second-order valence-corrected chi connectivity index (χ2v) is 6.25. The standard InChI is InChI=1S/C17H27N3O.ClH/c1-19(2)11-12-20(16-5-3-4-6-16)17(21)13-14-7-9-15(18)10-8-14;/h7-10,16H,3-6,11-13,18H2,1-2H3;1H. The van der Waals surface area contributed by atoms with Crippen LogP contribution in [0.3, 0.4) is 0 Å². The Kier molecular flexibility index (Phi) is 7.69. The number of benzene rings is 1. The third-order valence-electron chi connectivity index (χ3n) is 4.21. The van der Waals surface area contributed by atoms with E-state index in [9.17, 15) is 4.79 Å². The Morgan fingerprint density at radius 3 is 2.27 bits per heavy atom. The molecule has 0 heterocycles. The number of nitrogen functional groups attached to an aromatic ring is 1. The number of rotatable bonds is 6. The molecule has 2 N–H and O–H groups in total. The van der Waals surface area contributed by atoms with Crippen LogP contribution in [0, 0.1) is 0 Å². The fourth-order valence-corrected chi connectivity index (χ4v) is 2.95. The fourth-order valence-electron chi connectivity index (χ4n) is 2.95. The number of hydrogen-bond acceptors (Lipinski definition) is 3. The molecule has 1 aromatic rings. The lowest BCUT2D eigenvalue weighted by Gasteiger charge is -2.30. The molecule has 4 nitrogen and oxygen atoms in total. The van der Waals surface area contributed by atoms with E-state index in [-0.39, 0.29) is 18.3 Å². The predicted octanol–water partition coefficient (Wildman–Crippen LogP) is 2.57. The molecule has 0 aliphatic heterocycles. The smallest absolute Gasteiger partial charge is 0.227 e. The molecule has 22 heavy (non-hydrogen) atoms. The van der Waals surface area contributed by atoms with Gasteiger partial charge < -0.3 is 15.5 Å². The Bertz CT molecular complexity index is 455. The van der Waals surface area contributed by atoms with Crippen LogP contribution < -0.4 is 5.73 Å². The molecule has 0 saturated heterocycles. The average molecular weight is 326 g/mol. The van der Waals surface area contributed by atoms with Gasteiger partial charge in [-0.2, -0.15) is 0 Å². The summed E-state index contributed by atoms with van der Waals surface area (Å²) in [5.74, 6) is 0.244. The molecule has 1 aliphatic carbocycles. The van der Waals surface area contributed by atoms with Gasteiger partial charge in [-0.05, 0) is 44.6 Å². The molecule has 0 unspecified atom stereocenters. The lowest BCUT2D eigenvalue weighted by atomic mass is 10.1. The van der Waals surface area contributed by atoms with E-state index in [0.717, 1.165) is 37.2 Å². The number of nitrogens with two attached hydrogens (primary N) is 1. The van der Waals surface area contributed by atoms with E-state index in [0.29, 0.717) is 12.5 Å². The van der Waals surface area contributed by atoms with Crippen LogP contribution in [-0.2, 0) is 11.2 Å². The highest BCUT2D eigenvalue weighted by Crippen LogP contribution is 2.24. The Balaban J connectivity index is 0.00000242. The summed E-state index contributed by atoms with van der Waals surface area (Å²) < 4.78 is 0. The minimum atomic E-state index is 0. The van der Waals surface area contributed by atoms with E-state index in [1.165, 1.54) is 12.8 Å². The molecule has 2 rings (SSSR count). The monoisotopic (exact) mass is 325 g/mol. The van der Waals surface area contributed by atoms with Gasteiger partial charge in [-0.25, -0.2) is 0 Å². The number of halogens is 1. The van der Waals surface area contributed by atoms with Crippen LogP contribution in [0.15, 0.2) is 24.3 Å². The van der Waals surface area contributed by atoms with Crippen molar-refractivity contribution < 1.29 is 4.79 Å². The highest BCUT2D eigenvalue weighted by molar-refractivity contribution is 5.85. The van der Waals surface area contributed by atoms with Gasteiger partial charge in [-0.1, -0.05) is 25.0 Å². The summed E-state index contributed by atoms with van der Waals surface area (Å²) in [7, 11) is 4.11. The van der Waals surface area contributed by atoms with E-state index in [1.54, 1.807) is 0 Å². The van der Waals surface area contributed by atoms with Crippen LogP contribution in [0.25, 0.3) is 0 Å². The fraction of sp³-hybridized carbons (Fsp3) is 0.588. The van der Waals surface area contributed by atoms with Gasteiger partial charge >= 0.3 is 0 Å². The minimum absolute atomic E-state index is 0. The maximum absolute atomic E-state index is 12.7. The number of hydrogen-bond donors (Lipinski definition) is 1. The average Bonchev–Trinajstić information content (AvgIpc) is 2.95. The van der Waals surface area contributed by atoms with Crippen LogP contribution in [0.5, 0.6) is 0 Å². The minimum Gasteiger partial charge on any atom is -0.399 e. The Morgan fingerprint density at radius 2 is 1.73 bits per heavy atom. The van der Waals surface area contributed by atoms with Gasteiger partial charge in [0.2, 0.25) is 5.91 Å². The first-order chi connectivity index (χ1) is 10.1. The first-order valence-electron chi connectivity index (χ1n) is 7.85. The Hall–Kier alpha value is -1.26. The normalized spacial score (nSPS) is 14.9. The van der Waals surface area contributed by atoms with Crippen molar-refractivity contribution >= 4 is 24.0 Å². The molecule has 5 heteroatoms. The summed E-state index contributed by atoms with van der Waals surface area (Å²) in [6.45, 7) is 1.75. The molecule has 1 aromatic carbocycles. The van der Waals surface area contributed by atoms with Crippen LogP contribution in [-0.4, -0.2) is 48.9 Å². The van der Waals surface area contributed by atoms with Crippen molar-refractivity contribution in [2.75, 3.05) is 32.9 Å². The molecule has 1 fully saturated rings. The molecule has 0 aromatic heterocycles. The maximum atomic E-state index is 12.7. The largest absolute Gasteiger partial charge is 0.399 e. The molecule has 0 spiro atoms. The predicted molar refractivity (Wildman–Crippen MR) is 94.3 cm³/mol. The van der Waals surface area contributed by atoms with Gasteiger partial charge in [0.05, 0.1) is 6.42 Å². The molecule has 0 radical (unpaired) electrons. The van der Waals surface area contributed by atoms with Crippen molar-refractivity contribution in [3.05, 3.63) is 29.8 Å².